The first-order chi connectivity index (χ1) is 14.8. The third-order valence-electron chi connectivity index (χ3n) is 5.15. The lowest BCUT2D eigenvalue weighted by atomic mass is 9.98. The molecule has 1 aliphatic rings. The van der Waals surface area contributed by atoms with Crippen LogP contribution in [0.5, 0.6) is 11.5 Å². The minimum atomic E-state index is -3.77. The van der Waals surface area contributed by atoms with Crippen molar-refractivity contribution in [2.45, 2.75) is 30.7 Å². The number of halogens is 1. The van der Waals surface area contributed by atoms with Gasteiger partial charge in [-0.1, -0.05) is 0 Å². The lowest BCUT2D eigenvalue weighted by molar-refractivity contribution is -0.126. The van der Waals surface area contributed by atoms with Crippen LogP contribution in [-0.2, 0) is 14.8 Å². The average Bonchev–Trinajstić information content (AvgIpc) is 2.78. The summed E-state index contributed by atoms with van der Waals surface area (Å²) in [6, 6.07) is 11.6. The zero-order valence-corrected chi connectivity index (χ0v) is 18.4. The second kappa shape index (κ2) is 10.1. The number of rotatable bonds is 8. The van der Waals surface area contributed by atoms with Crippen LogP contribution in [0.2, 0.25) is 0 Å². The lowest BCUT2D eigenvalue weighted by Crippen LogP contribution is -2.48. The first-order valence-electron chi connectivity index (χ1n) is 10.1. The summed E-state index contributed by atoms with van der Waals surface area (Å²) in [6.07, 6.45) is 1.18. The van der Waals surface area contributed by atoms with E-state index in [9.17, 15) is 17.6 Å². The number of ether oxygens (including phenoxy) is 2. The van der Waals surface area contributed by atoms with Gasteiger partial charge < -0.3 is 14.8 Å². The van der Waals surface area contributed by atoms with Gasteiger partial charge >= 0.3 is 0 Å². The third-order valence-corrected chi connectivity index (χ3v) is 7.03. The molecule has 0 radical (unpaired) electrons. The fraction of sp³-hybridized carbons (Fsp3) is 0.409. The van der Waals surface area contributed by atoms with Crippen LogP contribution in [0.25, 0.3) is 0 Å². The van der Waals surface area contributed by atoms with Crippen LogP contribution in [0.3, 0.4) is 0 Å². The van der Waals surface area contributed by atoms with Crippen molar-refractivity contribution >= 4 is 15.9 Å². The summed E-state index contributed by atoms with van der Waals surface area (Å²) < 4.78 is 50.9. The topological polar surface area (TPSA) is 84.9 Å². The predicted octanol–water partition coefficient (Wildman–Crippen LogP) is 2.82. The quantitative estimate of drug-likeness (QED) is 0.669. The Labute approximate surface area is 182 Å². The Morgan fingerprint density at radius 1 is 1.16 bits per heavy atom. The highest BCUT2D eigenvalue weighted by molar-refractivity contribution is 7.89. The highest BCUT2D eigenvalue weighted by Gasteiger charge is 2.33. The van der Waals surface area contributed by atoms with Crippen LogP contribution in [0, 0.1) is 11.7 Å². The number of carbonyl (C=O) groups excluding carboxylic acids is 1. The van der Waals surface area contributed by atoms with Crippen molar-refractivity contribution in [1.82, 2.24) is 9.62 Å². The summed E-state index contributed by atoms with van der Waals surface area (Å²) >= 11 is 0. The summed E-state index contributed by atoms with van der Waals surface area (Å²) in [4.78, 5) is 12.7. The second-order valence-corrected chi connectivity index (χ2v) is 9.49. The van der Waals surface area contributed by atoms with Crippen LogP contribution >= 0.6 is 0 Å². The molecule has 31 heavy (non-hydrogen) atoms. The molecule has 0 spiro atoms. The second-order valence-electron chi connectivity index (χ2n) is 7.55. The molecule has 0 bridgehead atoms. The van der Waals surface area contributed by atoms with Gasteiger partial charge in [0.2, 0.25) is 15.9 Å². The fourth-order valence-electron chi connectivity index (χ4n) is 3.43. The van der Waals surface area contributed by atoms with Crippen molar-refractivity contribution in [1.29, 1.82) is 0 Å². The molecule has 0 aliphatic carbocycles. The standard InChI is InChI=1S/C22H27FN2O5S/c1-16(15-30-20-9-7-19(29-2)8-10-20)24-22(26)17-4-3-13-25(14-17)31(27,28)21-11-5-18(23)6-12-21/h5-12,16-17H,3-4,13-15H2,1-2H3,(H,24,26)/t16-,17+/m0/s1. The number of methoxy groups -OCH3 is 1. The maximum atomic E-state index is 13.1. The molecule has 2 aromatic rings. The Bertz CT molecular complexity index is 980. The highest BCUT2D eigenvalue weighted by atomic mass is 32.2. The van der Waals surface area contributed by atoms with Crippen molar-refractivity contribution < 1.29 is 27.1 Å². The van der Waals surface area contributed by atoms with Crippen LogP contribution in [0.4, 0.5) is 4.39 Å². The summed E-state index contributed by atoms with van der Waals surface area (Å²) in [5.74, 6) is 0.236. The fourth-order valence-corrected chi connectivity index (χ4v) is 4.95. The molecule has 1 aliphatic heterocycles. The number of hydrogen-bond acceptors (Lipinski definition) is 5. The Balaban J connectivity index is 1.54. The van der Waals surface area contributed by atoms with Crippen molar-refractivity contribution in [3.63, 3.8) is 0 Å². The molecule has 2 aromatic carbocycles. The van der Waals surface area contributed by atoms with E-state index >= 15 is 0 Å². The van der Waals surface area contributed by atoms with E-state index in [1.54, 1.807) is 31.4 Å². The highest BCUT2D eigenvalue weighted by Crippen LogP contribution is 2.24. The number of nitrogens with one attached hydrogen (secondary N) is 1. The van der Waals surface area contributed by atoms with Gasteiger partial charge in [-0.25, -0.2) is 12.8 Å². The van der Waals surface area contributed by atoms with Crippen LogP contribution in [0.15, 0.2) is 53.4 Å². The summed E-state index contributed by atoms with van der Waals surface area (Å²) in [5, 5.41) is 2.90. The molecule has 1 amide bonds. The van der Waals surface area contributed by atoms with E-state index in [1.165, 1.54) is 16.4 Å². The summed E-state index contributed by atoms with van der Waals surface area (Å²) in [7, 11) is -2.19. The van der Waals surface area contributed by atoms with E-state index in [-0.39, 0.29) is 30.0 Å². The molecular formula is C22H27FN2O5S. The summed E-state index contributed by atoms with van der Waals surface area (Å²) in [5.41, 5.74) is 0. The maximum absolute atomic E-state index is 13.1. The zero-order valence-electron chi connectivity index (χ0n) is 17.6. The molecule has 9 heteroatoms. The van der Waals surface area contributed by atoms with Crippen molar-refractivity contribution in [3.8, 4) is 11.5 Å². The van der Waals surface area contributed by atoms with Crippen molar-refractivity contribution in [2.75, 3.05) is 26.8 Å². The van der Waals surface area contributed by atoms with Gasteiger partial charge in [0.15, 0.2) is 0 Å². The van der Waals surface area contributed by atoms with E-state index in [2.05, 4.69) is 5.32 Å². The van der Waals surface area contributed by atoms with Gasteiger partial charge in [0.25, 0.3) is 0 Å². The Morgan fingerprint density at radius 2 is 1.81 bits per heavy atom. The molecule has 0 saturated carbocycles. The van der Waals surface area contributed by atoms with Gasteiger partial charge in [0.05, 0.1) is 24.0 Å². The molecular weight excluding hydrogens is 423 g/mol. The van der Waals surface area contributed by atoms with E-state index in [4.69, 9.17) is 9.47 Å². The molecule has 3 rings (SSSR count). The molecule has 1 saturated heterocycles. The van der Waals surface area contributed by atoms with Crippen LogP contribution in [0.1, 0.15) is 19.8 Å². The molecule has 0 unspecified atom stereocenters. The van der Waals surface area contributed by atoms with Crippen molar-refractivity contribution in [2.24, 2.45) is 5.92 Å². The predicted molar refractivity (Wildman–Crippen MR) is 114 cm³/mol. The zero-order chi connectivity index (χ0) is 22.4. The van der Waals surface area contributed by atoms with Gasteiger partial charge in [-0.05, 0) is 68.3 Å². The Kier molecular flexibility index (Phi) is 7.50. The van der Waals surface area contributed by atoms with Gasteiger partial charge in [0.1, 0.15) is 23.9 Å². The number of sulfonamides is 1. The van der Waals surface area contributed by atoms with Gasteiger partial charge in [-0.3, -0.25) is 4.79 Å². The Morgan fingerprint density at radius 3 is 2.45 bits per heavy atom. The largest absolute Gasteiger partial charge is 0.497 e. The lowest BCUT2D eigenvalue weighted by Gasteiger charge is -2.31. The van der Waals surface area contributed by atoms with Gasteiger partial charge in [-0.15, -0.1) is 0 Å². The maximum Gasteiger partial charge on any atom is 0.243 e. The molecule has 168 valence electrons. The first-order valence-corrected chi connectivity index (χ1v) is 11.6. The number of piperidine rings is 1. The average molecular weight is 451 g/mol. The first kappa shape index (κ1) is 23.0. The number of benzene rings is 2. The molecule has 0 aromatic heterocycles. The minimum absolute atomic E-state index is 0.0243. The minimum Gasteiger partial charge on any atom is -0.497 e. The number of amides is 1. The van der Waals surface area contributed by atoms with Gasteiger partial charge in [-0.2, -0.15) is 4.31 Å². The third kappa shape index (κ3) is 5.95. The number of hydrogen-bond donors (Lipinski definition) is 1. The van der Waals surface area contributed by atoms with Crippen molar-refractivity contribution in [3.05, 3.63) is 54.3 Å². The normalized spacial score (nSPS) is 18.2. The number of carbonyl (C=O) groups is 1. The Hall–Kier alpha value is -2.65. The molecule has 1 fully saturated rings. The molecule has 7 nitrogen and oxygen atoms in total. The summed E-state index contributed by atoms with van der Waals surface area (Å²) in [6.45, 7) is 2.54. The van der Waals surface area contributed by atoms with E-state index in [0.717, 1.165) is 17.9 Å². The number of nitrogens with zero attached hydrogens (tertiary/aromatic N) is 1. The van der Waals surface area contributed by atoms with Gasteiger partial charge in [0, 0.05) is 13.1 Å². The molecule has 1 N–H and O–H groups in total. The molecule has 2 atom stereocenters. The van der Waals surface area contributed by atoms with Crippen LogP contribution in [-0.4, -0.2) is 51.5 Å². The van der Waals surface area contributed by atoms with E-state index < -0.39 is 21.8 Å². The smallest absolute Gasteiger partial charge is 0.243 e. The molecule has 1 heterocycles. The monoisotopic (exact) mass is 450 g/mol. The SMILES string of the molecule is COc1ccc(OC[C@H](C)NC(=O)[C@@H]2CCCN(S(=O)(=O)c3ccc(F)cc3)C2)cc1. The van der Waals surface area contributed by atoms with Crippen LogP contribution < -0.4 is 14.8 Å². The van der Waals surface area contributed by atoms with E-state index in [1.807, 2.05) is 6.92 Å². The van der Waals surface area contributed by atoms with E-state index in [0.29, 0.717) is 25.1 Å².